The van der Waals surface area contributed by atoms with Crippen LogP contribution in [0.3, 0.4) is 0 Å². The molecule has 1 unspecified atom stereocenters. The third-order valence-corrected chi connectivity index (χ3v) is 3.85. The van der Waals surface area contributed by atoms with Crippen molar-refractivity contribution in [1.29, 1.82) is 0 Å². The van der Waals surface area contributed by atoms with Gasteiger partial charge in [0.25, 0.3) is 6.23 Å². The lowest BCUT2D eigenvalue weighted by atomic mass is 10.3. The number of hydrogen-bond acceptors (Lipinski definition) is 9. The summed E-state index contributed by atoms with van der Waals surface area (Å²) < 4.78 is 11.4. The number of nitrogens with zero attached hydrogens (tertiary/aromatic N) is 5. The van der Waals surface area contributed by atoms with Crippen molar-refractivity contribution in [2.24, 2.45) is 10.2 Å². The predicted molar refractivity (Wildman–Crippen MR) is 108 cm³/mol. The molecule has 0 saturated carbocycles. The number of nitro benzene ring substituents is 1. The molecule has 0 bridgehead atoms. The molecular weight excluding hydrogens is 446 g/mol. The van der Waals surface area contributed by atoms with Gasteiger partial charge in [-0.15, -0.1) is 4.91 Å². The molecule has 1 heterocycles. The first-order valence-corrected chi connectivity index (χ1v) is 8.87. The van der Waals surface area contributed by atoms with Gasteiger partial charge in [-0.1, -0.05) is 12.1 Å². The minimum Gasteiger partial charge on any atom is -0.453 e. The van der Waals surface area contributed by atoms with Crippen LogP contribution in [0.4, 0.5) is 11.4 Å². The maximum Gasteiger partial charge on any atom is 0.322 e. The standard InChI is InChI=1S/C18H12BrN5O5/c19-16-9-10-20-18(22-16)28-13-7-5-12(6-8-13)21-11-17(23-25)29-15-4-2-1-3-14(15)24(26)27/h1-11,17H. The van der Waals surface area contributed by atoms with Crippen molar-refractivity contribution in [3.63, 3.8) is 0 Å². The fraction of sp³-hybridized carbons (Fsp3) is 0.0556. The largest absolute Gasteiger partial charge is 0.453 e. The normalized spacial score (nSPS) is 11.8. The maximum absolute atomic E-state index is 11.0. The first-order valence-electron chi connectivity index (χ1n) is 8.08. The van der Waals surface area contributed by atoms with Crippen molar-refractivity contribution in [1.82, 2.24) is 9.97 Å². The Morgan fingerprint density at radius 1 is 1.14 bits per heavy atom. The van der Waals surface area contributed by atoms with E-state index in [4.69, 9.17) is 9.47 Å². The van der Waals surface area contributed by atoms with Crippen LogP contribution in [-0.2, 0) is 0 Å². The first kappa shape index (κ1) is 20.0. The molecule has 0 aliphatic heterocycles. The van der Waals surface area contributed by atoms with Gasteiger partial charge >= 0.3 is 11.7 Å². The summed E-state index contributed by atoms with van der Waals surface area (Å²) in [4.78, 5) is 33.6. The number of ether oxygens (including phenoxy) is 2. The van der Waals surface area contributed by atoms with Crippen molar-refractivity contribution >= 4 is 33.5 Å². The summed E-state index contributed by atoms with van der Waals surface area (Å²) in [5.74, 6) is 0.412. The first-order chi connectivity index (χ1) is 14.0. The SMILES string of the molecule is O=NC(C=Nc1ccc(Oc2nccc(Br)n2)cc1)Oc1ccccc1[N+](=O)[O-]. The van der Waals surface area contributed by atoms with E-state index in [1.165, 1.54) is 18.2 Å². The van der Waals surface area contributed by atoms with Crippen molar-refractivity contribution in [3.05, 3.63) is 80.4 Å². The van der Waals surface area contributed by atoms with Crippen LogP contribution < -0.4 is 9.47 Å². The van der Waals surface area contributed by atoms with Gasteiger partial charge in [-0.3, -0.25) is 15.1 Å². The molecule has 0 aliphatic carbocycles. The molecule has 3 rings (SSSR count). The Labute approximate surface area is 172 Å². The highest BCUT2D eigenvalue weighted by Crippen LogP contribution is 2.27. The molecule has 10 nitrogen and oxygen atoms in total. The van der Waals surface area contributed by atoms with E-state index < -0.39 is 11.2 Å². The minimum atomic E-state index is -1.33. The lowest BCUT2D eigenvalue weighted by Gasteiger charge is -2.08. The highest BCUT2D eigenvalue weighted by molar-refractivity contribution is 9.10. The quantitative estimate of drug-likeness (QED) is 0.156. The van der Waals surface area contributed by atoms with Crippen molar-refractivity contribution in [3.8, 4) is 17.5 Å². The Morgan fingerprint density at radius 2 is 1.90 bits per heavy atom. The van der Waals surface area contributed by atoms with Gasteiger partial charge in [-0.05, 0) is 57.5 Å². The third-order valence-electron chi connectivity index (χ3n) is 3.41. The Hall–Kier alpha value is -3.73. The molecule has 29 heavy (non-hydrogen) atoms. The number of aromatic nitrogens is 2. The van der Waals surface area contributed by atoms with Gasteiger partial charge in [0.1, 0.15) is 10.4 Å². The van der Waals surface area contributed by atoms with E-state index >= 15 is 0 Å². The number of para-hydroxylation sites is 2. The number of aliphatic imine (C=N–C) groups is 1. The second-order valence-corrected chi connectivity index (χ2v) is 6.19. The zero-order chi connectivity index (χ0) is 20.6. The monoisotopic (exact) mass is 457 g/mol. The van der Waals surface area contributed by atoms with E-state index in [0.29, 0.717) is 16.0 Å². The smallest absolute Gasteiger partial charge is 0.322 e. The van der Waals surface area contributed by atoms with Crippen LogP contribution in [0.15, 0.2) is 75.6 Å². The molecule has 0 amide bonds. The van der Waals surface area contributed by atoms with E-state index in [1.54, 1.807) is 42.6 Å². The highest BCUT2D eigenvalue weighted by atomic mass is 79.9. The van der Waals surface area contributed by atoms with Crippen molar-refractivity contribution < 1.29 is 14.4 Å². The molecule has 1 atom stereocenters. The van der Waals surface area contributed by atoms with E-state index in [-0.39, 0.29) is 17.4 Å². The van der Waals surface area contributed by atoms with Gasteiger partial charge in [0.15, 0.2) is 5.75 Å². The molecule has 0 radical (unpaired) electrons. The second-order valence-electron chi connectivity index (χ2n) is 5.37. The Kier molecular flexibility index (Phi) is 6.53. The zero-order valence-electron chi connectivity index (χ0n) is 14.6. The number of halogens is 1. The fourth-order valence-electron chi connectivity index (χ4n) is 2.14. The minimum absolute atomic E-state index is 0.0775. The molecule has 0 saturated heterocycles. The van der Waals surface area contributed by atoms with Crippen LogP contribution in [0.25, 0.3) is 0 Å². The van der Waals surface area contributed by atoms with Gasteiger partial charge in [0, 0.05) is 12.3 Å². The van der Waals surface area contributed by atoms with Crippen molar-refractivity contribution in [2.45, 2.75) is 6.23 Å². The zero-order valence-corrected chi connectivity index (χ0v) is 16.2. The van der Waals surface area contributed by atoms with Gasteiger partial charge in [0.2, 0.25) is 0 Å². The predicted octanol–water partition coefficient (Wildman–Crippen LogP) is 4.81. The van der Waals surface area contributed by atoms with Gasteiger partial charge in [-0.25, -0.2) is 4.98 Å². The summed E-state index contributed by atoms with van der Waals surface area (Å²) in [6.07, 6.45) is 1.37. The highest BCUT2D eigenvalue weighted by Gasteiger charge is 2.17. The number of nitro groups is 1. The molecule has 146 valence electrons. The van der Waals surface area contributed by atoms with E-state index in [1.807, 2.05) is 0 Å². The molecule has 0 N–H and O–H groups in total. The summed E-state index contributed by atoms with van der Waals surface area (Å²) in [6.45, 7) is 0. The van der Waals surface area contributed by atoms with Crippen LogP contribution in [0.2, 0.25) is 0 Å². The maximum atomic E-state index is 11.0. The van der Waals surface area contributed by atoms with E-state index in [2.05, 4.69) is 36.1 Å². The average Bonchev–Trinajstić information content (AvgIpc) is 2.72. The third kappa shape index (κ3) is 5.62. The fourth-order valence-corrected chi connectivity index (χ4v) is 2.41. The Balaban J connectivity index is 1.67. The van der Waals surface area contributed by atoms with Gasteiger partial charge in [-0.2, -0.15) is 4.98 Å². The summed E-state index contributed by atoms with van der Waals surface area (Å²) in [5.41, 5.74) is 0.221. The van der Waals surface area contributed by atoms with Gasteiger partial charge in [0.05, 0.1) is 16.8 Å². The number of rotatable bonds is 8. The summed E-state index contributed by atoms with van der Waals surface area (Å²) in [6, 6.07) is 14.1. The molecule has 11 heteroatoms. The van der Waals surface area contributed by atoms with Crippen LogP contribution in [0.5, 0.6) is 17.5 Å². The molecule has 0 spiro atoms. The van der Waals surface area contributed by atoms with Crippen LogP contribution in [0.1, 0.15) is 0 Å². The summed E-state index contributed by atoms with van der Waals surface area (Å²) in [7, 11) is 0. The lowest BCUT2D eigenvalue weighted by molar-refractivity contribution is -0.386. The summed E-state index contributed by atoms with van der Waals surface area (Å²) >= 11 is 3.23. The van der Waals surface area contributed by atoms with Crippen LogP contribution in [-0.4, -0.2) is 27.3 Å². The number of nitroso groups, excluding NO2 is 1. The molecule has 3 aromatic rings. The summed E-state index contributed by atoms with van der Waals surface area (Å²) in [5, 5.41) is 13.8. The van der Waals surface area contributed by atoms with E-state index in [0.717, 1.165) is 6.21 Å². The molecule has 1 aromatic heterocycles. The lowest BCUT2D eigenvalue weighted by Crippen LogP contribution is -2.15. The number of hydrogen-bond donors (Lipinski definition) is 0. The van der Waals surface area contributed by atoms with Crippen molar-refractivity contribution in [2.75, 3.05) is 0 Å². The number of benzene rings is 2. The Bertz CT molecular complexity index is 1040. The molecule has 0 fully saturated rings. The molecule has 2 aromatic carbocycles. The van der Waals surface area contributed by atoms with Crippen LogP contribution >= 0.6 is 15.9 Å². The Morgan fingerprint density at radius 3 is 2.59 bits per heavy atom. The molecular formula is C18H12BrN5O5. The topological polar surface area (TPSA) is 129 Å². The average molecular weight is 458 g/mol. The van der Waals surface area contributed by atoms with E-state index in [9.17, 15) is 15.0 Å². The second kappa shape index (κ2) is 9.46. The van der Waals surface area contributed by atoms with Gasteiger partial charge < -0.3 is 9.47 Å². The van der Waals surface area contributed by atoms with Crippen LogP contribution in [0, 0.1) is 15.0 Å². The molecule has 0 aliphatic rings.